The first-order valence-corrected chi connectivity index (χ1v) is 6.49. The largest absolute Gasteiger partial charge is 0.481 e. The molecule has 19 heavy (non-hydrogen) atoms. The van der Waals surface area contributed by atoms with Gasteiger partial charge in [0.15, 0.2) is 11.5 Å². The van der Waals surface area contributed by atoms with Crippen LogP contribution in [0.5, 0.6) is 11.5 Å². The van der Waals surface area contributed by atoms with Crippen molar-refractivity contribution >= 4 is 5.97 Å². The molecule has 0 saturated carbocycles. The van der Waals surface area contributed by atoms with E-state index >= 15 is 0 Å². The molecule has 2 aliphatic heterocycles. The predicted octanol–water partition coefficient (Wildman–Crippen LogP) is 2.15. The summed E-state index contributed by atoms with van der Waals surface area (Å²) >= 11 is 0. The predicted molar refractivity (Wildman–Crippen MR) is 66.5 cm³/mol. The Balaban J connectivity index is 1.89. The van der Waals surface area contributed by atoms with Gasteiger partial charge >= 0.3 is 5.97 Å². The minimum Gasteiger partial charge on any atom is -0.481 e. The Hall–Kier alpha value is -1.75. The highest BCUT2D eigenvalue weighted by atomic mass is 16.7. The summed E-state index contributed by atoms with van der Waals surface area (Å²) in [6, 6.07) is 5.29. The first-order chi connectivity index (χ1) is 9.25. The maximum atomic E-state index is 11.5. The lowest BCUT2D eigenvalue weighted by Gasteiger charge is -2.28. The third-order valence-corrected chi connectivity index (χ3v) is 3.61. The van der Waals surface area contributed by atoms with E-state index in [0.717, 1.165) is 19.3 Å². The molecule has 1 fully saturated rings. The van der Waals surface area contributed by atoms with Gasteiger partial charge in [-0.05, 0) is 37.0 Å². The summed E-state index contributed by atoms with van der Waals surface area (Å²) in [5.41, 5.74) is 0.712. The van der Waals surface area contributed by atoms with Crippen LogP contribution in [0.3, 0.4) is 0 Å². The zero-order chi connectivity index (χ0) is 13.2. The van der Waals surface area contributed by atoms with Crippen molar-refractivity contribution in [3.05, 3.63) is 23.8 Å². The number of carbonyl (C=O) groups is 1. The number of hydrogen-bond acceptors (Lipinski definition) is 4. The van der Waals surface area contributed by atoms with Crippen LogP contribution in [0.15, 0.2) is 18.2 Å². The zero-order valence-corrected chi connectivity index (χ0v) is 10.5. The van der Waals surface area contributed by atoms with E-state index < -0.39 is 11.9 Å². The molecule has 1 N–H and O–H groups in total. The molecule has 2 atom stereocenters. The van der Waals surface area contributed by atoms with Gasteiger partial charge in [0.1, 0.15) is 5.92 Å². The van der Waals surface area contributed by atoms with Gasteiger partial charge in [-0.1, -0.05) is 6.07 Å². The molecule has 0 amide bonds. The van der Waals surface area contributed by atoms with Crippen LogP contribution in [-0.2, 0) is 9.53 Å². The average molecular weight is 264 g/mol. The van der Waals surface area contributed by atoms with Crippen molar-refractivity contribution in [3.8, 4) is 11.5 Å². The van der Waals surface area contributed by atoms with Gasteiger partial charge in [-0.25, -0.2) is 0 Å². The average Bonchev–Trinajstić information content (AvgIpc) is 2.87. The van der Waals surface area contributed by atoms with Crippen molar-refractivity contribution in [2.75, 3.05) is 13.4 Å². The summed E-state index contributed by atoms with van der Waals surface area (Å²) in [6.07, 6.45) is 2.54. The number of carboxylic acids is 1. The molecule has 1 aromatic rings. The van der Waals surface area contributed by atoms with Gasteiger partial charge in [-0.3, -0.25) is 4.79 Å². The molecular weight excluding hydrogens is 248 g/mol. The number of ether oxygens (including phenoxy) is 3. The molecule has 0 aliphatic carbocycles. The van der Waals surface area contributed by atoms with Crippen LogP contribution < -0.4 is 9.47 Å². The first kappa shape index (κ1) is 12.3. The fourth-order valence-corrected chi connectivity index (χ4v) is 2.65. The maximum Gasteiger partial charge on any atom is 0.313 e. The number of fused-ring (bicyclic) bond motifs is 1. The first-order valence-electron chi connectivity index (χ1n) is 6.49. The summed E-state index contributed by atoms with van der Waals surface area (Å²) < 4.78 is 16.2. The molecule has 5 heteroatoms. The second-order valence-electron chi connectivity index (χ2n) is 4.83. The highest BCUT2D eigenvalue weighted by Gasteiger charge is 2.33. The second kappa shape index (κ2) is 5.09. The van der Waals surface area contributed by atoms with E-state index in [1.807, 2.05) is 0 Å². The van der Waals surface area contributed by atoms with Crippen molar-refractivity contribution in [1.82, 2.24) is 0 Å². The maximum absolute atomic E-state index is 11.5. The number of benzene rings is 1. The molecule has 0 bridgehead atoms. The molecule has 2 unspecified atom stereocenters. The Kier molecular flexibility index (Phi) is 3.29. The molecule has 5 nitrogen and oxygen atoms in total. The standard InChI is InChI=1S/C14H16O5/c15-14(16)13(11-3-1-2-6-17-11)9-4-5-10-12(7-9)19-8-18-10/h4-5,7,11,13H,1-3,6,8H2,(H,15,16). The van der Waals surface area contributed by atoms with Crippen molar-refractivity contribution in [2.24, 2.45) is 0 Å². The molecule has 1 saturated heterocycles. The van der Waals surface area contributed by atoms with Gasteiger partial charge in [0.05, 0.1) is 6.10 Å². The normalized spacial score (nSPS) is 23.1. The van der Waals surface area contributed by atoms with Crippen LogP contribution in [-0.4, -0.2) is 30.6 Å². The fourth-order valence-electron chi connectivity index (χ4n) is 2.65. The smallest absolute Gasteiger partial charge is 0.313 e. The van der Waals surface area contributed by atoms with Gasteiger partial charge in [0.2, 0.25) is 6.79 Å². The van der Waals surface area contributed by atoms with E-state index in [2.05, 4.69) is 0 Å². The van der Waals surface area contributed by atoms with Gasteiger partial charge in [-0.15, -0.1) is 0 Å². The van der Waals surface area contributed by atoms with E-state index in [1.165, 1.54) is 0 Å². The minimum atomic E-state index is -0.856. The van der Waals surface area contributed by atoms with Crippen LogP contribution in [0.1, 0.15) is 30.7 Å². The summed E-state index contributed by atoms with van der Waals surface area (Å²) in [5.74, 6) is -0.224. The van der Waals surface area contributed by atoms with Crippen LogP contribution >= 0.6 is 0 Å². The lowest BCUT2D eigenvalue weighted by molar-refractivity contribution is -0.144. The van der Waals surface area contributed by atoms with E-state index in [9.17, 15) is 9.90 Å². The molecule has 2 aliphatic rings. The van der Waals surface area contributed by atoms with Crippen LogP contribution in [0.25, 0.3) is 0 Å². The Morgan fingerprint density at radius 2 is 2.11 bits per heavy atom. The quantitative estimate of drug-likeness (QED) is 0.906. The number of carboxylic acid groups (broad SMARTS) is 1. The third kappa shape index (κ3) is 2.38. The lowest BCUT2D eigenvalue weighted by Crippen LogP contribution is -2.31. The van der Waals surface area contributed by atoms with Crippen LogP contribution in [0, 0.1) is 0 Å². The summed E-state index contributed by atoms with van der Waals surface area (Å²) in [7, 11) is 0. The lowest BCUT2D eigenvalue weighted by atomic mass is 9.89. The topological polar surface area (TPSA) is 65.0 Å². The zero-order valence-electron chi connectivity index (χ0n) is 10.5. The SMILES string of the molecule is O=C(O)C(c1ccc2c(c1)OCO2)C1CCCCO1. The van der Waals surface area contributed by atoms with E-state index in [-0.39, 0.29) is 12.9 Å². The highest BCUT2D eigenvalue weighted by molar-refractivity contribution is 5.77. The monoisotopic (exact) mass is 264 g/mol. The molecular formula is C14H16O5. The van der Waals surface area contributed by atoms with Crippen molar-refractivity contribution in [3.63, 3.8) is 0 Å². The van der Waals surface area contributed by atoms with Crippen LogP contribution in [0.4, 0.5) is 0 Å². The van der Waals surface area contributed by atoms with E-state index in [1.54, 1.807) is 18.2 Å². The Morgan fingerprint density at radius 1 is 1.26 bits per heavy atom. The number of hydrogen-bond donors (Lipinski definition) is 1. The van der Waals surface area contributed by atoms with Crippen LogP contribution in [0.2, 0.25) is 0 Å². The minimum absolute atomic E-state index is 0.191. The molecule has 1 aromatic carbocycles. The van der Waals surface area contributed by atoms with Crippen molar-refractivity contribution in [2.45, 2.75) is 31.3 Å². The second-order valence-corrected chi connectivity index (χ2v) is 4.83. The van der Waals surface area contributed by atoms with E-state index in [4.69, 9.17) is 14.2 Å². The molecule has 0 aromatic heterocycles. The van der Waals surface area contributed by atoms with Gasteiger partial charge in [0.25, 0.3) is 0 Å². The fraction of sp³-hybridized carbons (Fsp3) is 0.500. The molecule has 0 spiro atoms. The molecule has 2 heterocycles. The highest BCUT2D eigenvalue weighted by Crippen LogP contribution is 2.37. The van der Waals surface area contributed by atoms with E-state index in [0.29, 0.717) is 23.7 Å². The Morgan fingerprint density at radius 3 is 2.84 bits per heavy atom. The van der Waals surface area contributed by atoms with Gasteiger partial charge < -0.3 is 19.3 Å². The number of rotatable bonds is 3. The Labute approximate surface area is 111 Å². The number of aliphatic carboxylic acids is 1. The van der Waals surface area contributed by atoms with Crippen molar-refractivity contribution in [1.29, 1.82) is 0 Å². The Bertz CT molecular complexity index is 479. The molecule has 3 rings (SSSR count). The van der Waals surface area contributed by atoms with Gasteiger partial charge in [-0.2, -0.15) is 0 Å². The summed E-state index contributed by atoms with van der Waals surface area (Å²) in [4.78, 5) is 11.5. The summed E-state index contributed by atoms with van der Waals surface area (Å²) in [5, 5.41) is 9.48. The van der Waals surface area contributed by atoms with Crippen molar-refractivity contribution < 1.29 is 24.1 Å². The molecule has 102 valence electrons. The van der Waals surface area contributed by atoms with Gasteiger partial charge in [0, 0.05) is 6.61 Å². The third-order valence-electron chi connectivity index (χ3n) is 3.61. The molecule has 0 radical (unpaired) electrons. The summed E-state index contributed by atoms with van der Waals surface area (Å²) in [6.45, 7) is 0.829.